The van der Waals surface area contributed by atoms with Crippen LogP contribution in [0.25, 0.3) is 0 Å². The van der Waals surface area contributed by atoms with Gasteiger partial charge in [0.2, 0.25) is 0 Å². The molecular formula is C15H27N5O. The molecular weight excluding hydrogens is 266 g/mol. The minimum atomic E-state index is -0.0624. The first-order chi connectivity index (χ1) is 10.2. The van der Waals surface area contributed by atoms with Crippen molar-refractivity contribution in [2.24, 2.45) is 10.9 Å². The van der Waals surface area contributed by atoms with Gasteiger partial charge in [0.15, 0.2) is 5.84 Å². The van der Waals surface area contributed by atoms with Gasteiger partial charge in [-0.25, -0.2) is 5.43 Å². The van der Waals surface area contributed by atoms with Gasteiger partial charge in [-0.1, -0.05) is 27.2 Å². The van der Waals surface area contributed by atoms with Crippen molar-refractivity contribution in [3.8, 4) is 0 Å². The summed E-state index contributed by atoms with van der Waals surface area (Å²) in [6.45, 7) is 8.16. The van der Waals surface area contributed by atoms with Crippen molar-refractivity contribution in [3.63, 3.8) is 0 Å². The second-order valence-electron chi connectivity index (χ2n) is 5.88. The predicted molar refractivity (Wildman–Crippen MR) is 86.3 cm³/mol. The summed E-state index contributed by atoms with van der Waals surface area (Å²) in [6.07, 6.45) is 3.98. The molecule has 21 heavy (non-hydrogen) atoms. The molecule has 1 aromatic heterocycles. The van der Waals surface area contributed by atoms with Gasteiger partial charge in [0.1, 0.15) is 5.69 Å². The molecule has 0 radical (unpaired) electrons. The lowest BCUT2D eigenvalue weighted by molar-refractivity contribution is 0.260. The fourth-order valence-corrected chi connectivity index (χ4v) is 2.56. The Bertz CT molecular complexity index is 480. The molecule has 4 N–H and O–H groups in total. The zero-order chi connectivity index (χ0) is 15.2. The van der Waals surface area contributed by atoms with E-state index < -0.39 is 0 Å². The number of hydrogen-bond donors (Lipinski definition) is 4. The molecule has 1 aliphatic heterocycles. The lowest BCUT2D eigenvalue weighted by Crippen LogP contribution is -2.39. The molecule has 0 aliphatic carbocycles. The zero-order valence-electron chi connectivity index (χ0n) is 13.2. The van der Waals surface area contributed by atoms with Crippen LogP contribution >= 0.6 is 0 Å². The SMILES string of the molecule is CCCC(CO)N=C1NNCNc2ccn(CC(C)C)c21. The Hall–Kier alpha value is -1.53. The van der Waals surface area contributed by atoms with E-state index in [1.165, 1.54) is 0 Å². The number of aliphatic hydroxyl groups is 1. The number of amidine groups is 1. The predicted octanol–water partition coefficient (Wildman–Crippen LogP) is 1.53. The highest BCUT2D eigenvalue weighted by Gasteiger charge is 2.19. The van der Waals surface area contributed by atoms with E-state index in [1.807, 2.05) is 0 Å². The first-order valence-electron chi connectivity index (χ1n) is 7.76. The fraction of sp³-hybridized carbons (Fsp3) is 0.667. The molecule has 0 bridgehead atoms. The topological polar surface area (TPSA) is 73.6 Å². The van der Waals surface area contributed by atoms with Crippen LogP contribution in [0, 0.1) is 5.92 Å². The van der Waals surface area contributed by atoms with Crippen LogP contribution in [0.5, 0.6) is 0 Å². The quantitative estimate of drug-likeness (QED) is 0.642. The number of aliphatic hydroxyl groups excluding tert-OH is 1. The molecule has 1 unspecified atom stereocenters. The molecule has 0 saturated heterocycles. The highest BCUT2D eigenvalue weighted by atomic mass is 16.3. The van der Waals surface area contributed by atoms with Crippen molar-refractivity contribution in [3.05, 3.63) is 18.0 Å². The number of nitrogens with one attached hydrogen (secondary N) is 3. The average molecular weight is 293 g/mol. The molecule has 6 heteroatoms. The van der Waals surface area contributed by atoms with Crippen LogP contribution in [0.15, 0.2) is 17.3 Å². The second-order valence-corrected chi connectivity index (χ2v) is 5.88. The molecule has 0 aromatic carbocycles. The number of aliphatic imine (C=N–C) groups is 1. The Kier molecular flexibility index (Phi) is 5.64. The smallest absolute Gasteiger partial charge is 0.162 e. The van der Waals surface area contributed by atoms with E-state index in [-0.39, 0.29) is 12.6 Å². The number of aromatic nitrogens is 1. The number of fused-ring (bicyclic) bond motifs is 1. The van der Waals surface area contributed by atoms with Gasteiger partial charge in [-0.05, 0) is 18.4 Å². The first kappa shape index (κ1) is 15.9. The van der Waals surface area contributed by atoms with Crippen LogP contribution in [0.2, 0.25) is 0 Å². The van der Waals surface area contributed by atoms with Crippen LogP contribution in [0.1, 0.15) is 39.3 Å². The summed E-state index contributed by atoms with van der Waals surface area (Å²) in [5.41, 5.74) is 8.39. The van der Waals surface area contributed by atoms with Gasteiger partial charge in [0.05, 0.1) is 25.0 Å². The van der Waals surface area contributed by atoms with Crippen LogP contribution in [0.4, 0.5) is 5.69 Å². The van der Waals surface area contributed by atoms with Crippen LogP contribution in [-0.4, -0.2) is 34.8 Å². The van der Waals surface area contributed by atoms with Gasteiger partial charge in [-0.2, -0.15) is 0 Å². The minimum absolute atomic E-state index is 0.0624. The number of hydrazine groups is 1. The maximum absolute atomic E-state index is 9.49. The summed E-state index contributed by atoms with van der Waals surface area (Å²) in [4.78, 5) is 4.72. The lowest BCUT2D eigenvalue weighted by atomic mass is 10.2. The maximum atomic E-state index is 9.49. The number of anilines is 1. The molecule has 1 atom stereocenters. The molecule has 118 valence electrons. The summed E-state index contributed by atoms with van der Waals surface area (Å²) < 4.78 is 2.21. The molecule has 2 rings (SSSR count). The lowest BCUT2D eigenvalue weighted by Gasteiger charge is -2.16. The summed E-state index contributed by atoms with van der Waals surface area (Å²) >= 11 is 0. The van der Waals surface area contributed by atoms with Crippen molar-refractivity contribution >= 4 is 11.5 Å². The highest BCUT2D eigenvalue weighted by molar-refractivity contribution is 6.02. The van der Waals surface area contributed by atoms with Crippen LogP contribution in [-0.2, 0) is 6.54 Å². The van der Waals surface area contributed by atoms with Crippen molar-refractivity contribution in [1.82, 2.24) is 15.4 Å². The summed E-state index contributed by atoms with van der Waals surface area (Å²) in [5.74, 6) is 1.36. The van der Waals surface area contributed by atoms with Gasteiger partial charge < -0.3 is 20.4 Å². The maximum Gasteiger partial charge on any atom is 0.162 e. The number of rotatable bonds is 6. The Morgan fingerprint density at radius 1 is 1.43 bits per heavy atom. The summed E-state index contributed by atoms with van der Waals surface area (Å²) in [5, 5.41) is 12.8. The normalized spacial score (nSPS) is 18.0. The molecule has 6 nitrogen and oxygen atoms in total. The van der Waals surface area contributed by atoms with Gasteiger partial charge >= 0.3 is 0 Å². The monoisotopic (exact) mass is 293 g/mol. The molecule has 0 spiro atoms. The van der Waals surface area contributed by atoms with Gasteiger partial charge in [-0.3, -0.25) is 4.99 Å². The molecule has 2 heterocycles. The molecule has 1 aromatic rings. The third kappa shape index (κ3) is 3.98. The fourth-order valence-electron chi connectivity index (χ4n) is 2.56. The summed E-state index contributed by atoms with van der Waals surface area (Å²) in [6, 6.07) is 2.02. The average Bonchev–Trinajstić information content (AvgIpc) is 2.72. The minimum Gasteiger partial charge on any atom is -0.394 e. The van der Waals surface area contributed by atoms with Gasteiger partial charge in [0, 0.05) is 12.7 Å². The molecule has 0 fully saturated rings. The number of hydrogen-bond acceptors (Lipinski definition) is 4. The largest absolute Gasteiger partial charge is 0.394 e. The molecule has 0 amide bonds. The van der Waals surface area contributed by atoms with E-state index >= 15 is 0 Å². The van der Waals surface area contributed by atoms with E-state index in [0.717, 1.165) is 36.6 Å². The van der Waals surface area contributed by atoms with Crippen molar-refractivity contribution < 1.29 is 5.11 Å². The Morgan fingerprint density at radius 3 is 2.90 bits per heavy atom. The Morgan fingerprint density at radius 2 is 2.24 bits per heavy atom. The van der Waals surface area contributed by atoms with Crippen LogP contribution < -0.4 is 16.2 Å². The summed E-state index contributed by atoms with van der Waals surface area (Å²) in [7, 11) is 0. The number of nitrogens with zero attached hydrogens (tertiary/aromatic N) is 2. The third-order valence-electron chi connectivity index (χ3n) is 3.47. The third-order valence-corrected chi connectivity index (χ3v) is 3.47. The van der Waals surface area contributed by atoms with Crippen molar-refractivity contribution in [2.75, 3.05) is 18.6 Å². The Balaban J connectivity index is 2.35. The van der Waals surface area contributed by atoms with Gasteiger partial charge in [0.25, 0.3) is 0 Å². The molecule has 1 aliphatic rings. The van der Waals surface area contributed by atoms with Crippen LogP contribution in [0.3, 0.4) is 0 Å². The van der Waals surface area contributed by atoms with Crippen molar-refractivity contribution in [2.45, 2.75) is 46.2 Å². The zero-order valence-corrected chi connectivity index (χ0v) is 13.2. The van der Waals surface area contributed by atoms with E-state index in [1.54, 1.807) is 0 Å². The first-order valence-corrected chi connectivity index (χ1v) is 7.76. The Labute approximate surface area is 126 Å². The molecule has 0 saturated carbocycles. The highest BCUT2D eigenvalue weighted by Crippen LogP contribution is 2.20. The van der Waals surface area contributed by atoms with E-state index in [9.17, 15) is 5.11 Å². The standard InChI is InChI=1S/C15H27N5O/c1-4-5-12(9-21)18-15-14-13(16-10-17-19-15)6-7-20(14)8-11(2)3/h6-7,11-12,16-17,21H,4-5,8-10H2,1-3H3,(H,18,19). The van der Waals surface area contributed by atoms with E-state index in [2.05, 4.69) is 53.8 Å². The van der Waals surface area contributed by atoms with E-state index in [0.29, 0.717) is 12.6 Å². The second kappa shape index (κ2) is 7.47. The van der Waals surface area contributed by atoms with Crippen molar-refractivity contribution in [1.29, 1.82) is 0 Å². The van der Waals surface area contributed by atoms with Gasteiger partial charge in [-0.15, -0.1) is 0 Å². The van der Waals surface area contributed by atoms with E-state index in [4.69, 9.17) is 4.99 Å².